The van der Waals surface area contributed by atoms with Crippen LogP contribution in [0.5, 0.6) is 11.6 Å². The highest BCUT2D eigenvalue weighted by Crippen LogP contribution is 2.18. The molecule has 150 valence electrons. The van der Waals surface area contributed by atoms with E-state index >= 15 is 0 Å². The molecule has 0 unspecified atom stereocenters. The smallest absolute Gasteiger partial charge is 0.253 e. The number of anilines is 1. The maximum Gasteiger partial charge on any atom is 0.253 e. The van der Waals surface area contributed by atoms with Gasteiger partial charge in [-0.15, -0.1) is 10.2 Å². The van der Waals surface area contributed by atoms with Crippen LogP contribution in [0.15, 0.2) is 36.4 Å². The number of hydrogen-bond donors (Lipinski definition) is 0. The summed E-state index contributed by atoms with van der Waals surface area (Å²) in [7, 11) is 0. The number of nitrogens with zero attached hydrogens (tertiary/aromatic N) is 4. The SMILES string of the molecule is CCCOc1ccc(N2CCN(C(=O)c3ccc(OC(C)C)cc3)CC2)nn1. The molecule has 0 saturated carbocycles. The van der Waals surface area contributed by atoms with Gasteiger partial charge >= 0.3 is 0 Å². The van der Waals surface area contributed by atoms with Crippen LogP contribution >= 0.6 is 0 Å². The summed E-state index contributed by atoms with van der Waals surface area (Å²) >= 11 is 0. The minimum Gasteiger partial charge on any atom is -0.491 e. The van der Waals surface area contributed by atoms with Crippen LogP contribution in [-0.4, -0.2) is 59.9 Å². The van der Waals surface area contributed by atoms with E-state index in [1.807, 2.05) is 55.1 Å². The van der Waals surface area contributed by atoms with Crippen LogP contribution in [0.1, 0.15) is 37.6 Å². The molecule has 1 aliphatic heterocycles. The van der Waals surface area contributed by atoms with Crippen LogP contribution < -0.4 is 14.4 Å². The molecular weight excluding hydrogens is 356 g/mol. The Morgan fingerprint density at radius 3 is 2.32 bits per heavy atom. The Labute approximate surface area is 166 Å². The van der Waals surface area contributed by atoms with E-state index in [4.69, 9.17) is 9.47 Å². The van der Waals surface area contributed by atoms with Gasteiger partial charge in [0.25, 0.3) is 5.91 Å². The maximum atomic E-state index is 12.7. The van der Waals surface area contributed by atoms with Crippen LogP contribution in [0.25, 0.3) is 0 Å². The number of benzene rings is 1. The van der Waals surface area contributed by atoms with Gasteiger partial charge in [-0.05, 0) is 50.6 Å². The minimum atomic E-state index is 0.0464. The van der Waals surface area contributed by atoms with Crippen molar-refractivity contribution in [2.45, 2.75) is 33.3 Å². The first-order chi connectivity index (χ1) is 13.6. The molecule has 1 aromatic heterocycles. The number of aromatic nitrogens is 2. The monoisotopic (exact) mass is 384 g/mol. The molecule has 7 heteroatoms. The third-order valence-electron chi connectivity index (χ3n) is 4.44. The number of carbonyl (C=O) groups excluding carboxylic acids is 1. The van der Waals surface area contributed by atoms with Gasteiger partial charge in [0.05, 0.1) is 12.7 Å². The van der Waals surface area contributed by atoms with E-state index in [2.05, 4.69) is 22.0 Å². The summed E-state index contributed by atoms with van der Waals surface area (Å²) < 4.78 is 11.1. The second-order valence-corrected chi connectivity index (χ2v) is 7.05. The standard InChI is InChI=1S/C21H28N4O3/c1-4-15-27-20-10-9-19(22-23-20)24-11-13-25(14-12-24)21(26)17-5-7-18(8-6-17)28-16(2)3/h5-10,16H,4,11-15H2,1-3H3. The largest absolute Gasteiger partial charge is 0.491 e. The highest BCUT2D eigenvalue weighted by molar-refractivity contribution is 5.94. The van der Waals surface area contributed by atoms with E-state index in [-0.39, 0.29) is 12.0 Å². The minimum absolute atomic E-state index is 0.0464. The fraction of sp³-hybridized carbons (Fsp3) is 0.476. The lowest BCUT2D eigenvalue weighted by molar-refractivity contribution is 0.0746. The highest BCUT2D eigenvalue weighted by Gasteiger charge is 2.23. The Hall–Kier alpha value is -2.83. The molecule has 7 nitrogen and oxygen atoms in total. The second-order valence-electron chi connectivity index (χ2n) is 7.05. The summed E-state index contributed by atoms with van der Waals surface area (Å²) in [6.45, 7) is 9.41. The van der Waals surface area contributed by atoms with Crippen molar-refractivity contribution < 1.29 is 14.3 Å². The van der Waals surface area contributed by atoms with E-state index < -0.39 is 0 Å². The van der Waals surface area contributed by atoms with Gasteiger partial charge in [0.15, 0.2) is 5.82 Å². The van der Waals surface area contributed by atoms with Crippen LogP contribution in [0.3, 0.4) is 0 Å². The number of ether oxygens (including phenoxy) is 2. The molecule has 1 fully saturated rings. The first-order valence-corrected chi connectivity index (χ1v) is 9.84. The van der Waals surface area contributed by atoms with Crippen LogP contribution in [0.2, 0.25) is 0 Å². The van der Waals surface area contributed by atoms with Crippen molar-refractivity contribution in [1.29, 1.82) is 0 Å². The number of piperazine rings is 1. The van der Waals surface area contributed by atoms with Gasteiger partial charge in [-0.2, -0.15) is 0 Å². The molecule has 1 aromatic carbocycles. The summed E-state index contributed by atoms with van der Waals surface area (Å²) in [4.78, 5) is 16.8. The molecule has 0 N–H and O–H groups in total. The molecule has 3 rings (SSSR count). The van der Waals surface area contributed by atoms with Crippen LogP contribution in [0, 0.1) is 0 Å². The molecule has 1 amide bonds. The van der Waals surface area contributed by atoms with Gasteiger partial charge in [-0.3, -0.25) is 4.79 Å². The van der Waals surface area contributed by atoms with Crippen molar-refractivity contribution in [3.63, 3.8) is 0 Å². The Bertz CT molecular complexity index is 754. The molecular formula is C21H28N4O3. The Balaban J connectivity index is 1.53. The molecule has 1 saturated heterocycles. The molecule has 1 aliphatic rings. The van der Waals surface area contributed by atoms with Gasteiger partial charge < -0.3 is 19.3 Å². The Kier molecular flexibility index (Phi) is 6.68. The van der Waals surface area contributed by atoms with E-state index in [1.165, 1.54) is 0 Å². The van der Waals surface area contributed by atoms with Crippen molar-refractivity contribution in [1.82, 2.24) is 15.1 Å². The molecule has 0 spiro atoms. The Morgan fingerprint density at radius 1 is 1.04 bits per heavy atom. The van der Waals surface area contributed by atoms with Crippen molar-refractivity contribution in [3.8, 4) is 11.6 Å². The van der Waals surface area contributed by atoms with E-state index in [9.17, 15) is 4.79 Å². The lowest BCUT2D eigenvalue weighted by Crippen LogP contribution is -2.49. The summed E-state index contributed by atoms with van der Waals surface area (Å²) in [6, 6.07) is 11.1. The molecule has 0 bridgehead atoms. The molecule has 2 heterocycles. The van der Waals surface area contributed by atoms with Crippen molar-refractivity contribution >= 4 is 11.7 Å². The zero-order chi connectivity index (χ0) is 19.9. The van der Waals surface area contributed by atoms with Gasteiger partial charge in [-0.25, -0.2) is 0 Å². The summed E-state index contributed by atoms with van der Waals surface area (Å²) in [5.74, 6) is 2.18. The fourth-order valence-electron chi connectivity index (χ4n) is 3.03. The van der Waals surface area contributed by atoms with Crippen molar-refractivity contribution in [2.24, 2.45) is 0 Å². The lowest BCUT2D eigenvalue weighted by Gasteiger charge is -2.35. The number of carbonyl (C=O) groups is 1. The third kappa shape index (κ3) is 5.12. The molecule has 0 aliphatic carbocycles. The molecule has 0 radical (unpaired) electrons. The van der Waals surface area contributed by atoms with E-state index in [1.54, 1.807) is 0 Å². The Morgan fingerprint density at radius 2 is 1.75 bits per heavy atom. The predicted octanol–water partition coefficient (Wildman–Crippen LogP) is 3.02. The van der Waals surface area contributed by atoms with E-state index in [0.29, 0.717) is 31.1 Å². The average Bonchev–Trinajstić information content (AvgIpc) is 2.72. The van der Waals surface area contributed by atoms with Gasteiger partial charge in [-0.1, -0.05) is 6.92 Å². The second kappa shape index (κ2) is 9.39. The van der Waals surface area contributed by atoms with Gasteiger partial charge in [0.1, 0.15) is 5.75 Å². The van der Waals surface area contributed by atoms with E-state index in [0.717, 1.165) is 31.1 Å². The summed E-state index contributed by atoms with van der Waals surface area (Å²) in [5, 5.41) is 8.37. The normalized spacial score (nSPS) is 14.3. The third-order valence-corrected chi connectivity index (χ3v) is 4.44. The zero-order valence-electron chi connectivity index (χ0n) is 16.8. The number of amides is 1. The fourth-order valence-corrected chi connectivity index (χ4v) is 3.03. The molecule has 28 heavy (non-hydrogen) atoms. The predicted molar refractivity (Wildman–Crippen MR) is 108 cm³/mol. The average molecular weight is 384 g/mol. The lowest BCUT2D eigenvalue weighted by atomic mass is 10.1. The quantitative estimate of drug-likeness (QED) is 0.731. The van der Waals surface area contributed by atoms with Crippen LogP contribution in [0.4, 0.5) is 5.82 Å². The van der Waals surface area contributed by atoms with Gasteiger partial charge in [0, 0.05) is 37.8 Å². The molecule has 2 aromatic rings. The number of hydrogen-bond acceptors (Lipinski definition) is 6. The zero-order valence-corrected chi connectivity index (χ0v) is 16.8. The van der Waals surface area contributed by atoms with Crippen molar-refractivity contribution in [3.05, 3.63) is 42.0 Å². The summed E-state index contributed by atoms with van der Waals surface area (Å²) in [6.07, 6.45) is 1.05. The van der Waals surface area contributed by atoms with Gasteiger partial charge in [0.2, 0.25) is 5.88 Å². The first kappa shape index (κ1) is 19.9. The highest BCUT2D eigenvalue weighted by atomic mass is 16.5. The maximum absolute atomic E-state index is 12.7. The number of rotatable bonds is 7. The van der Waals surface area contributed by atoms with Crippen LogP contribution in [-0.2, 0) is 0 Å². The topological polar surface area (TPSA) is 67.8 Å². The summed E-state index contributed by atoms with van der Waals surface area (Å²) in [5.41, 5.74) is 0.682. The van der Waals surface area contributed by atoms with Crippen molar-refractivity contribution in [2.75, 3.05) is 37.7 Å². The first-order valence-electron chi connectivity index (χ1n) is 9.84. The molecule has 0 atom stereocenters.